The molecule has 0 aliphatic carbocycles. The van der Waals surface area contributed by atoms with Crippen molar-refractivity contribution in [2.75, 3.05) is 0 Å². The summed E-state index contributed by atoms with van der Waals surface area (Å²) in [5.74, 6) is 0. The minimum Gasteiger partial charge on any atom is -0.303 e. The van der Waals surface area contributed by atoms with Crippen LogP contribution in [-0.4, -0.2) is 14.7 Å². The first kappa shape index (κ1) is 9.88. The van der Waals surface area contributed by atoms with Crippen molar-refractivity contribution in [3.05, 3.63) is 0 Å². The number of phosphoric acid groups is 1. The molecule has 0 aliphatic rings. The minimum atomic E-state index is -4.64. The predicted octanol–water partition coefficient (Wildman–Crippen LogP) is -0.931. The van der Waals surface area contributed by atoms with E-state index in [1.165, 1.54) is 0 Å². The molecule has 0 aromatic heterocycles. The van der Waals surface area contributed by atoms with Gasteiger partial charge in [0.15, 0.2) is 0 Å². The molecule has 0 spiro atoms. The van der Waals surface area contributed by atoms with E-state index in [0.29, 0.717) is 0 Å². The van der Waals surface area contributed by atoms with Crippen molar-refractivity contribution in [1.29, 1.82) is 0 Å². The largest absolute Gasteiger partial charge is 0.466 e. The molecule has 0 atom stereocenters. The van der Waals surface area contributed by atoms with Gasteiger partial charge >= 0.3 is 7.82 Å². The van der Waals surface area contributed by atoms with Crippen LogP contribution in [0.1, 0.15) is 0 Å². The second-order valence-electron chi connectivity index (χ2n) is 0.513. The van der Waals surface area contributed by atoms with E-state index in [0.717, 1.165) is 0 Å². The van der Waals surface area contributed by atoms with Gasteiger partial charge in [-0.05, 0) is 0 Å². The molecular weight excluding hydrogens is 196 g/mol. The normalized spacial score (nSPS) is 9.83. The number of hydrogen-bond acceptors (Lipinski definition) is 1. The monoisotopic (exact) mass is 200 g/mol. The van der Waals surface area contributed by atoms with Crippen molar-refractivity contribution in [3.8, 4) is 0 Å². The van der Waals surface area contributed by atoms with Gasteiger partial charge in [0.1, 0.15) is 0 Å². The maximum absolute atomic E-state index is 8.88. The van der Waals surface area contributed by atoms with Crippen LogP contribution < -0.4 is 0 Å². The quantitative estimate of drug-likeness (QED) is 0.348. The van der Waals surface area contributed by atoms with Crippen LogP contribution in [0.25, 0.3) is 0 Å². The Hall–Kier alpha value is 0.733. The number of hydrogen-bond donors (Lipinski definition) is 3. The van der Waals surface area contributed by atoms with Gasteiger partial charge in [0, 0.05) is 19.5 Å². The number of rotatable bonds is 0. The van der Waals surface area contributed by atoms with Gasteiger partial charge < -0.3 is 14.7 Å². The average Bonchev–Trinajstić information content (AvgIpc) is 0.722. The summed E-state index contributed by atoms with van der Waals surface area (Å²) in [4.78, 5) is 21.6. The van der Waals surface area contributed by atoms with E-state index in [4.69, 9.17) is 19.2 Å². The Morgan fingerprint density at radius 2 is 1.17 bits per heavy atom. The molecule has 0 bridgehead atoms. The van der Waals surface area contributed by atoms with Gasteiger partial charge in [0.05, 0.1) is 0 Å². The van der Waals surface area contributed by atoms with Crippen LogP contribution in [0.2, 0.25) is 0 Å². The van der Waals surface area contributed by atoms with E-state index in [2.05, 4.69) is 0 Å². The van der Waals surface area contributed by atoms with Crippen molar-refractivity contribution in [2.45, 2.75) is 0 Å². The second kappa shape index (κ2) is 2.83. The van der Waals surface area contributed by atoms with Gasteiger partial charge in [-0.3, -0.25) is 0 Å². The summed E-state index contributed by atoms with van der Waals surface area (Å²) in [5.41, 5.74) is 0. The molecule has 3 N–H and O–H groups in total. The van der Waals surface area contributed by atoms with Crippen molar-refractivity contribution in [1.82, 2.24) is 0 Å². The minimum absolute atomic E-state index is 0. The first-order chi connectivity index (χ1) is 2.00. The zero-order chi connectivity index (χ0) is 4.50. The molecule has 4 nitrogen and oxygen atoms in total. The maximum Gasteiger partial charge on any atom is 0.466 e. The van der Waals surface area contributed by atoms with E-state index in [9.17, 15) is 0 Å². The third-order valence-electron chi connectivity index (χ3n) is 0. The van der Waals surface area contributed by atoms with Crippen LogP contribution in [0.5, 0.6) is 0 Å². The molecule has 0 radical (unpaired) electrons. The third-order valence-corrected chi connectivity index (χ3v) is 0. The molecule has 0 saturated carbocycles. The van der Waals surface area contributed by atoms with Crippen LogP contribution in [0, 0.1) is 0 Å². The van der Waals surface area contributed by atoms with Crippen molar-refractivity contribution in [2.24, 2.45) is 0 Å². The first-order valence-corrected chi connectivity index (χ1v) is 2.35. The molecule has 0 heterocycles. The Kier molecular flexibility index (Phi) is 4.66. The van der Waals surface area contributed by atoms with Crippen molar-refractivity contribution in [3.63, 3.8) is 0 Å². The maximum atomic E-state index is 8.88. The van der Waals surface area contributed by atoms with Crippen LogP contribution in [0.15, 0.2) is 0 Å². The van der Waals surface area contributed by atoms with Gasteiger partial charge in [-0.1, -0.05) is 0 Å². The van der Waals surface area contributed by atoms with Gasteiger partial charge in [-0.25, -0.2) is 4.57 Å². The van der Waals surface area contributed by atoms with Gasteiger partial charge in [-0.15, -0.1) is 0 Å². The Balaban J connectivity index is 0. The van der Waals surface area contributed by atoms with E-state index in [1.807, 2.05) is 0 Å². The molecule has 0 aromatic carbocycles. The summed E-state index contributed by atoms with van der Waals surface area (Å²) < 4.78 is 8.88. The fourth-order valence-electron chi connectivity index (χ4n) is 0. The standard InChI is InChI=1S/H3O4P.Ru/c1-5(2,3)4;/h(H3,1,2,3,4);. The predicted molar refractivity (Wildman–Crippen MR) is 14.3 cm³/mol. The summed E-state index contributed by atoms with van der Waals surface area (Å²) in [5, 5.41) is 0. The first-order valence-electron chi connectivity index (χ1n) is 0.783. The molecule has 0 unspecified atom stereocenters. The van der Waals surface area contributed by atoms with E-state index < -0.39 is 7.82 Å². The summed E-state index contributed by atoms with van der Waals surface area (Å²) in [7, 11) is -4.64. The molecule has 0 amide bonds. The summed E-state index contributed by atoms with van der Waals surface area (Å²) in [6.07, 6.45) is 0. The second-order valence-corrected chi connectivity index (χ2v) is 1.54. The molecule has 6 heavy (non-hydrogen) atoms. The van der Waals surface area contributed by atoms with Gasteiger partial charge in [0.25, 0.3) is 0 Å². The Bertz CT molecular complexity index is 53.7. The third kappa shape index (κ3) is 123. The molecule has 0 saturated heterocycles. The fraction of sp³-hybridized carbons (Fsp3) is 0. The van der Waals surface area contributed by atoms with Crippen LogP contribution in [0.3, 0.4) is 0 Å². The molecule has 40 valence electrons. The molecule has 0 rings (SSSR count). The van der Waals surface area contributed by atoms with E-state index in [1.54, 1.807) is 0 Å². The SMILES string of the molecule is O=P(O)(O)O.[Ru]. The zero-order valence-electron chi connectivity index (χ0n) is 2.55. The van der Waals surface area contributed by atoms with E-state index >= 15 is 0 Å². The average molecular weight is 199 g/mol. The van der Waals surface area contributed by atoms with Gasteiger partial charge in [0.2, 0.25) is 0 Å². The molecule has 0 aromatic rings. The smallest absolute Gasteiger partial charge is 0.303 e. The van der Waals surface area contributed by atoms with Crippen LogP contribution in [0.4, 0.5) is 0 Å². The Morgan fingerprint density at radius 1 is 1.17 bits per heavy atom. The van der Waals surface area contributed by atoms with Crippen LogP contribution in [-0.2, 0) is 24.0 Å². The summed E-state index contributed by atoms with van der Waals surface area (Å²) in [6, 6.07) is 0. The molecule has 6 heteroatoms. The zero-order valence-corrected chi connectivity index (χ0v) is 5.18. The van der Waals surface area contributed by atoms with Crippen LogP contribution >= 0.6 is 7.82 Å². The summed E-state index contributed by atoms with van der Waals surface area (Å²) in [6.45, 7) is 0. The Labute approximate surface area is 47.2 Å². The summed E-state index contributed by atoms with van der Waals surface area (Å²) >= 11 is 0. The fourth-order valence-corrected chi connectivity index (χ4v) is 0. The van der Waals surface area contributed by atoms with Crippen molar-refractivity contribution < 1.29 is 38.7 Å². The molecular formula is H3O4PRu. The van der Waals surface area contributed by atoms with E-state index in [-0.39, 0.29) is 19.5 Å². The molecule has 0 fully saturated rings. The van der Waals surface area contributed by atoms with Gasteiger partial charge in [-0.2, -0.15) is 0 Å². The topological polar surface area (TPSA) is 77.8 Å². The van der Waals surface area contributed by atoms with Crippen molar-refractivity contribution >= 4 is 7.82 Å². The molecule has 0 aliphatic heterocycles. The Morgan fingerprint density at radius 3 is 1.17 bits per heavy atom.